The van der Waals surface area contributed by atoms with Crippen molar-refractivity contribution in [2.24, 2.45) is 0 Å². The zero-order valence-electron chi connectivity index (χ0n) is 10.2. The molecule has 2 aromatic rings. The Morgan fingerprint density at radius 2 is 1.89 bits per heavy atom. The molecule has 0 aliphatic heterocycles. The van der Waals surface area contributed by atoms with Crippen LogP contribution < -0.4 is 5.32 Å². The molecule has 1 heterocycles. The van der Waals surface area contributed by atoms with Gasteiger partial charge in [-0.05, 0) is 60.7 Å². The summed E-state index contributed by atoms with van der Waals surface area (Å²) in [7, 11) is 0. The number of halogens is 1. The molecule has 1 N–H and O–H groups in total. The summed E-state index contributed by atoms with van der Waals surface area (Å²) in [6, 6.07) is 11.3. The molecule has 18 heavy (non-hydrogen) atoms. The first-order valence-corrected chi connectivity index (χ1v) is 6.66. The minimum Gasteiger partial charge on any atom is -0.321 e. The Morgan fingerprint density at radius 1 is 1.17 bits per heavy atom. The smallest absolute Gasteiger partial charge is 0.257 e. The fourth-order valence-corrected chi connectivity index (χ4v) is 2.20. The quantitative estimate of drug-likeness (QED) is 0.840. The average molecular weight is 352 g/mol. The largest absolute Gasteiger partial charge is 0.321 e. The second kappa shape index (κ2) is 5.48. The number of para-hydroxylation sites is 1. The van der Waals surface area contributed by atoms with Gasteiger partial charge >= 0.3 is 0 Å². The van der Waals surface area contributed by atoms with Crippen LogP contribution in [0.3, 0.4) is 0 Å². The molecule has 0 radical (unpaired) electrons. The molecule has 3 nitrogen and oxygen atoms in total. The Labute approximate surface area is 120 Å². The van der Waals surface area contributed by atoms with E-state index in [2.05, 4.69) is 32.9 Å². The van der Waals surface area contributed by atoms with Gasteiger partial charge in [-0.25, -0.2) is 0 Å². The van der Waals surface area contributed by atoms with Gasteiger partial charge in [-0.1, -0.05) is 12.1 Å². The van der Waals surface area contributed by atoms with Crippen LogP contribution in [0.15, 0.2) is 36.4 Å². The minimum atomic E-state index is -0.121. The zero-order chi connectivity index (χ0) is 13.1. The van der Waals surface area contributed by atoms with Gasteiger partial charge in [0.1, 0.15) is 0 Å². The zero-order valence-corrected chi connectivity index (χ0v) is 12.4. The molecule has 0 spiro atoms. The van der Waals surface area contributed by atoms with Gasteiger partial charge in [-0.15, -0.1) is 0 Å². The summed E-state index contributed by atoms with van der Waals surface area (Å²) < 4.78 is 1.01. The van der Waals surface area contributed by atoms with Crippen molar-refractivity contribution in [1.29, 1.82) is 0 Å². The highest BCUT2D eigenvalue weighted by atomic mass is 127. The van der Waals surface area contributed by atoms with Gasteiger partial charge < -0.3 is 5.32 Å². The lowest BCUT2D eigenvalue weighted by Crippen LogP contribution is -2.15. The van der Waals surface area contributed by atoms with Crippen molar-refractivity contribution in [3.63, 3.8) is 0 Å². The first-order chi connectivity index (χ1) is 8.58. The number of rotatable bonds is 2. The van der Waals surface area contributed by atoms with Crippen LogP contribution in [0, 0.1) is 17.4 Å². The van der Waals surface area contributed by atoms with Crippen molar-refractivity contribution < 1.29 is 4.79 Å². The molecule has 0 atom stereocenters. The van der Waals surface area contributed by atoms with Crippen LogP contribution in [0.4, 0.5) is 5.69 Å². The van der Waals surface area contributed by atoms with Gasteiger partial charge in [0.15, 0.2) is 0 Å². The molecule has 0 unspecified atom stereocenters. The Hall–Kier alpha value is -1.43. The van der Waals surface area contributed by atoms with Crippen LogP contribution in [-0.2, 0) is 0 Å². The van der Waals surface area contributed by atoms with Gasteiger partial charge in [-0.2, -0.15) is 0 Å². The molecule has 4 heteroatoms. The summed E-state index contributed by atoms with van der Waals surface area (Å²) in [6.45, 7) is 3.76. The molecule has 1 amide bonds. The topological polar surface area (TPSA) is 42.0 Å². The van der Waals surface area contributed by atoms with Gasteiger partial charge in [0.25, 0.3) is 5.91 Å². The number of benzene rings is 1. The fourth-order valence-electron chi connectivity index (χ4n) is 1.68. The highest BCUT2D eigenvalue weighted by Gasteiger charge is 2.11. The Morgan fingerprint density at radius 3 is 2.56 bits per heavy atom. The predicted octanol–water partition coefficient (Wildman–Crippen LogP) is 3.56. The van der Waals surface area contributed by atoms with E-state index in [0.717, 1.165) is 20.6 Å². The molecule has 0 fully saturated rings. The Kier molecular flexibility index (Phi) is 3.96. The second-order valence-corrected chi connectivity index (χ2v) is 5.18. The van der Waals surface area contributed by atoms with E-state index in [1.165, 1.54) is 0 Å². The standard InChI is InChI=1S/C14H13IN2O/c1-9-7-8-11(10(2)16-9)14(18)17-13-6-4-3-5-12(13)15/h3-8H,1-2H3,(H,17,18). The number of nitrogens with one attached hydrogen (secondary N) is 1. The van der Waals surface area contributed by atoms with E-state index in [4.69, 9.17) is 0 Å². The van der Waals surface area contributed by atoms with Crippen molar-refractivity contribution >= 4 is 34.2 Å². The number of pyridine rings is 1. The van der Waals surface area contributed by atoms with E-state index < -0.39 is 0 Å². The molecule has 0 aliphatic carbocycles. The monoisotopic (exact) mass is 352 g/mol. The third-order valence-corrected chi connectivity index (χ3v) is 3.53. The Bertz CT molecular complexity index is 596. The van der Waals surface area contributed by atoms with E-state index in [1.54, 1.807) is 0 Å². The van der Waals surface area contributed by atoms with Crippen molar-refractivity contribution in [3.8, 4) is 0 Å². The SMILES string of the molecule is Cc1ccc(C(=O)Nc2ccccc2I)c(C)n1. The first-order valence-electron chi connectivity index (χ1n) is 5.58. The molecule has 1 aromatic heterocycles. The summed E-state index contributed by atoms with van der Waals surface area (Å²) in [5.41, 5.74) is 3.10. The van der Waals surface area contributed by atoms with E-state index in [0.29, 0.717) is 5.56 Å². The van der Waals surface area contributed by atoms with E-state index in [1.807, 2.05) is 50.2 Å². The van der Waals surface area contributed by atoms with Gasteiger partial charge in [0.2, 0.25) is 0 Å². The number of aryl methyl sites for hydroxylation is 2. The van der Waals surface area contributed by atoms with Gasteiger partial charge in [0, 0.05) is 9.26 Å². The molecule has 2 rings (SSSR count). The maximum absolute atomic E-state index is 12.1. The number of hydrogen-bond donors (Lipinski definition) is 1. The number of carbonyl (C=O) groups is 1. The third-order valence-electron chi connectivity index (χ3n) is 2.59. The average Bonchev–Trinajstić information content (AvgIpc) is 2.32. The highest BCUT2D eigenvalue weighted by molar-refractivity contribution is 14.1. The van der Waals surface area contributed by atoms with Crippen LogP contribution in [0.5, 0.6) is 0 Å². The molecule has 0 bridgehead atoms. The van der Waals surface area contributed by atoms with Crippen LogP contribution in [0.25, 0.3) is 0 Å². The Balaban J connectivity index is 2.25. The lowest BCUT2D eigenvalue weighted by molar-refractivity contribution is 0.102. The molecule has 0 saturated carbocycles. The second-order valence-electron chi connectivity index (χ2n) is 4.02. The summed E-state index contributed by atoms with van der Waals surface area (Å²) in [6.07, 6.45) is 0. The lowest BCUT2D eigenvalue weighted by Gasteiger charge is -2.09. The van der Waals surface area contributed by atoms with Crippen LogP contribution in [0.1, 0.15) is 21.7 Å². The molecular formula is C14H13IN2O. The highest BCUT2D eigenvalue weighted by Crippen LogP contribution is 2.18. The number of amides is 1. The summed E-state index contributed by atoms with van der Waals surface area (Å²) in [5, 5.41) is 2.90. The number of carbonyl (C=O) groups excluding carboxylic acids is 1. The van der Waals surface area contributed by atoms with Gasteiger partial charge in [0.05, 0.1) is 16.9 Å². The lowest BCUT2D eigenvalue weighted by atomic mass is 10.1. The van der Waals surface area contributed by atoms with Crippen LogP contribution >= 0.6 is 22.6 Å². The van der Waals surface area contributed by atoms with E-state index >= 15 is 0 Å². The molecule has 92 valence electrons. The summed E-state index contributed by atoms with van der Waals surface area (Å²) in [5.74, 6) is -0.121. The van der Waals surface area contributed by atoms with Gasteiger partial charge in [-0.3, -0.25) is 9.78 Å². The summed E-state index contributed by atoms with van der Waals surface area (Å²) in [4.78, 5) is 16.4. The van der Waals surface area contributed by atoms with Crippen molar-refractivity contribution in [3.05, 3.63) is 56.9 Å². The van der Waals surface area contributed by atoms with Crippen molar-refractivity contribution in [1.82, 2.24) is 4.98 Å². The number of aromatic nitrogens is 1. The number of hydrogen-bond acceptors (Lipinski definition) is 2. The summed E-state index contributed by atoms with van der Waals surface area (Å²) >= 11 is 2.20. The van der Waals surface area contributed by atoms with Crippen LogP contribution in [0.2, 0.25) is 0 Å². The molecule has 0 aliphatic rings. The fraction of sp³-hybridized carbons (Fsp3) is 0.143. The van der Waals surface area contributed by atoms with Crippen molar-refractivity contribution in [2.45, 2.75) is 13.8 Å². The van der Waals surface area contributed by atoms with E-state index in [-0.39, 0.29) is 5.91 Å². The molecule has 0 saturated heterocycles. The number of nitrogens with zero attached hydrogens (tertiary/aromatic N) is 1. The third kappa shape index (κ3) is 2.87. The normalized spacial score (nSPS) is 10.2. The maximum Gasteiger partial charge on any atom is 0.257 e. The predicted molar refractivity (Wildman–Crippen MR) is 80.8 cm³/mol. The van der Waals surface area contributed by atoms with Crippen LogP contribution in [-0.4, -0.2) is 10.9 Å². The maximum atomic E-state index is 12.1. The first kappa shape index (κ1) is 13.0. The molecular weight excluding hydrogens is 339 g/mol. The van der Waals surface area contributed by atoms with E-state index in [9.17, 15) is 4.79 Å². The minimum absolute atomic E-state index is 0.121. The van der Waals surface area contributed by atoms with Crippen molar-refractivity contribution in [2.75, 3.05) is 5.32 Å². The number of anilines is 1. The molecule has 1 aromatic carbocycles.